The molecule has 0 unspecified atom stereocenters. The van der Waals surface area contributed by atoms with E-state index in [0.29, 0.717) is 18.3 Å². The summed E-state index contributed by atoms with van der Waals surface area (Å²) < 4.78 is 1.92. The molecule has 0 radical (unpaired) electrons. The molecule has 0 atom stereocenters. The van der Waals surface area contributed by atoms with Crippen molar-refractivity contribution in [1.82, 2.24) is 35.0 Å². The van der Waals surface area contributed by atoms with Crippen LogP contribution in [0.4, 0.5) is 17.6 Å². The highest BCUT2D eigenvalue weighted by Gasteiger charge is 2.21. The van der Waals surface area contributed by atoms with Crippen molar-refractivity contribution in [3.05, 3.63) is 59.7 Å². The number of fused-ring (bicyclic) bond motifs is 1. The van der Waals surface area contributed by atoms with Gasteiger partial charge in [0.15, 0.2) is 5.82 Å². The van der Waals surface area contributed by atoms with E-state index in [9.17, 15) is 0 Å². The highest BCUT2D eigenvalue weighted by molar-refractivity contribution is 5.90. The number of piperazine rings is 1. The molecule has 1 aliphatic rings. The summed E-state index contributed by atoms with van der Waals surface area (Å²) in [7, 11) is 0. The molecule has 5 rings (SSSR count). The molecule has 4 aromatic heterocycles. The van der Waals surface area contributed by atoms with E-state index in [1.807, 2.05) is 48.9 Å². The summed E-state index contributed by atoms with van der Waals surface area (Å²) in [4.78, 5) is 21.0. The highest BCUT2D eigenvalue weighted by atomic mass is 15.3. The Bertz CT molecular complexity index is 1200. The van der Waals surface area contributed by atoms with Crippen LogP contribution in [0.3, 0.4) is 0 Å². The lowest BCUT2D eigenvalue weighted by molar-refractivity contribution is 0.580. The maximum Gasteiger partial charge on any atom is 0.228 e. The van der Waals surface area contributed by atoms with E-state index in [1.54, 1.807) is 12.4 Å². The molecule has 2 N–H and O–H groups in total. The quantitative estimate of drug-likeness (QED) is 0.513. The van der Waals surface area contributed by atoms with Crippen molar-refractivity contribution in [2.24, 2.45) is 0 Å². The fourth-order valence-electron chi connectivity index (χ4n) is 3.80. The van der Waals surface area contributed by atoms with Crippen molar-refractivity contribution in [1.29, 1.82) is 0 Å². The van der Waals surface area contributed by atoms with E-state index in [4.69, 9.17) is 15.1 Å². The zero-order valence-electron chi connectivity index (χ0n) is 17.7. The van der Waals surface area contributed by atoms with Crippen LogP contribution in [0, 0.1) is 13.8 Å². The SMILES string of the molecule is Cc1ccnc(Nc2nc(N3CCNCC3)nc3c(C)nn(Cc4ccccn4)c23)c1. The third-order valence-electron chi connectivity index (χ3n) is 5.34. The summed E-state index contributed by atoms with van der Waals surface area (Å²) in [6.07, 6.45) is 3.59. The fraction of sp³-hybridized carbons (Fsp3) is 0.318. The maximum absolute atomic E-state index is 4.92. The number of nitrogens with zero attached hydrogens (tertiary/aromatic N) is 7. The number of aryl methyl sites for hydroxylation is 2. The number of hydrogen-bond donors (Lipinski definition) is 2. The lowest BCUT2D eigenvalue weighted by atomic mass is 10.3. The minimum absolute atomic E-state index is 0.539. The van der Waals surface area contributed by atoms with Crippen LogP contribution in [-0.2, 0) is 6.54 Å². The molecule has 1 aliphatic heterocycles. The Labute approximate surface area is 180 Å². The molecule has 31 heavy (non-hydrogen) atoms. The number of nitrogens with one attached hydrogen (secondary N) is 2. The van der Waals surface area contributed by atoms with Crippen molar-refractivity contribution in [3.8, 4) is 0 Å². The summed E-state index contributed by atoms with van der Waals surface area (Å²) in [5, 5.41) is 11.6. The van der Waals surface area contributed by atoms with Crippen molar-refractivity contribution in [2.45, 2.75) is 20.4 Å². The van der Waals surface area contributed by atoms with Gasteiger partial charge < -0.3 is 15.5 Å². The van der Waals surface area contributed by atoms with Gasteiger partial charge in [0.2, 0.25) is 5.95 Å². The summed E-state index contributed by atoms with van der Waals surface area (Å²) in [5.41, 5.74) is 4.62. The second-order valence-corrected chi connectivity index (χ2v) is 7.71. The van der Waals surface area contributed by atoms with Gasteiger partial charge in [0.25, 0.3) is 0 Å². The van der Waals surface area contributed by atoms with Gasteiger partial charge in [0.1, 0.15) is 16.9 Å². The van der Waals surface area contributed by atoms with Crippen LogP contribution in [0.25, 0.3) is 11.0 Å². The van der Waals surface area contributed by atoms with Gasteiger partial charge in [-0.05, 0) is 43.7 Å². The Kier molecular flexibility index (Phi) is 5.17. The van der Waals surface area contributed by atoms with E-state index in [0.717, 1.165) is 60.0 Å². The van der Waals surface area contributed by atoms with E-state index < -0.39 is 0 Å². The minimum atomic E-state index is 0.539. The Morgan fingerprint density at radius 3 is 2.68 bits per heavy atom. The molecule has 0 saturated carbocycles. The van der Waals surface area contributed by atoms with E-state index >= 15 is 0 Å². The lowest BCUT2D eigenvalue weighted by Crippen LogP contribution is -2.44. The van der Waals surface area contributed by atoms with Crippen LogP contribution >= 0.6 is 0 Å². The predicted molar refractivity (Wildman–Crippen MR) is 121 cm³/mol. The molecular formula is C22H25N9. The maximum atomic E-state index is 4.92. The molecule has 0 spiro atoms. The van der Waals surface area contributed by atoms with Gasteiger partial charge in [-0.2, -0.15) is 10.1 Å². The number of anilines is 3. The number of aromatic nitrogens is 6. The third-order valence-corrected chi connectivity index (χ3v) is 5.34. The van der Waals surface area contributed by atoms with E-state index in [-0.39, 0.29) is 0 Å². The molecule has 1 fully saturated rings. The number of rotatable bonds is 5. The number of hydrogen-bond acceptors (Lipinski definition) is 8. The van der Waals surface area contributed by atoms with Gasteiger partial charge in [0.05, 0.1) is 17.9 Å². The zero-order valence-corrected chi connectivity index (χ0v) is 17.7. The van der Waals surface area contributed by atoms with Gasteiger partial charge in [-0.1, -0.05) is 6.07 Å². The second kappa shape index (κ2) is 8.27. The molecule has 158 valence electrons. The van der Waals surface area contributed by atoms with E-state index in [2.05, 4.69) is 25.5 Å². The van der Waals surface area contributed by atoms with Crippen molar-refractivity contribution in [2.75, 3.05) is 36.4 Å². The molecule has 1 saturated heterocycles. The average molecular weight is 416 g/mol. The van der Waals surface area contributed by atoms with Gasteiger partial charge in [-0.15, -0.1) is 0 Å². The molecular weight excluding hydrogens is 390 g/mol. The molecule has 0 aromatic carbocycles. The van der Waals surface area contributed by atoms with Crippen molar-refractivity contribution < 1.29 is 0 Å². The Morgan fingerprint density at radius 2 is 1.90 bits per heavy atom. The standard InChI is InChI=1S/C22H25N9/c1-15-6-8-25-18(13-15)26-21-20-19(27-22(28-21)30-11-9-23-10-12-30)16(2)29-31(20)14-17-5-3-4-7-24-17/h3-8,13,23H,9-12,14H2,1-2H3,(H,25,26,27,28). The fourth-order valence-corrected chi connectivity index (χ4v) is 3.80. The van der Waals surface area contributed by atoms with Crippen LogP contribution in [-0.4, -0.2) is 55.9 Å². The molecule has 0 amide bonds. The van der Waals surface area contributed by atoms with Gasteiger partial charge >= 0.3 is 0 Å². The summed E-state index contributed by atoms with van der Waals surface area (Å²) >= 11 is 0. The second-order valence-electron chi connectivity index (χ2n) is 7.71. The van der Waals surface area contributed by atoms with Crippen LogP contribution < -0.4 is 15.5 Å². The van der Waals surface area contributed by atoms with Crippen molar-refractivity contribution >= 4 is 28.6 Å². The average Bonchev–Trinajstić information content (AvgIpc) is 3.10. The minimum Gasteiger partial charge on any atom is -0.338 e. The molecule has 5 heterocycles. The molecule has 0 aliphatic carbocycles. The summed E-state index contributed by atoms with van der Waals surface area (Å²) in [5.74, 6) is 2.16. The van der Waals surface area contributed by atoms with Crippen LogP contribution in [0.1, 0.15) is 17.0 Å². The predicted octanol–water partition coefficient (Wildman–Crippen LogP) is 2.43. The molecule has 0 bridgehead atoms. The van der Waals surface area contributed by atoms with E-state index in [1.165, 1.54) is 0 Å². The molecule has 9 nitrogen and oxygen atoms in total. The van der Waals surface area contributed by atoms with Crippen LogP contribution in [0.5, 0.6) is 0 Å². The molecule has 4 aromatic rings. The van der Waals surface area contributed by atoms with Crippen molar-refractivity contribution in [3.63, 3.8) is 0 Å². The van der Waals surface area contributed by atoms with Crippen LogP contribution in [0.15, 0.2) is 42.7 Å². The largest absolute Gasteiger partial charge is 0.338 e. The first kappa shape index (κ1) is 19.4. The third kappa shape index (κ3) is 4.04. The smallest absolute Gasteiger partial charge is 0.228 e. The first-order chi connectivity index (χ1) is 15.2. The highest BCUT2D eigenvalue weighted by Crippen LogP contribution is 2.28. The Hall–Kier alpha value is -3.59. The van der Waals surface area contributed by atoms with Gasteiger partial charge in [-0.25, -0.2) is 9.97 Å². The van der Waals surface area contributed by atoms with Crippen LogP contribution in [0.2, 0.25) is 0 Å². The first-order valence-electron chi connectivity index (χ1n) is 10.5. The topological polar surface area (TPSA) is 96.7 Å². The Balaban J connectivity index is 1.63. The summed E-state index contributed by atoms with van der Waals surface area (Å²) in [6, 6.07) is 9.87. The summed E-state index contributed by atoms with van der Waals surface area (Å²) in [6.45, 7) is 8.15. The normalized spacial score (nSPS) is 14.2. The first-order valence-corrected chi connectivity index (χ1v) is 10.5. The monoisotopic (exact) mass is 415 g/mol. The number of pyridine rings is 2. The molecule has 9 heteroatoms. The lowest BCUT2D eigenvalue weighted by Gasteiger charge is -2.27. The van der Waals surface area contributed by atoms with Gasteiger partial charge in [0, 0.05) is 38.6 Å². The van der Waals surface area contributed by atoms with Gasteiger partial charge in [-0.3, -0.25) is 9.67 Å². The zero-order chi connectivity index (χ0) is 21.2. The Morgan fingerprint density at radius 1 is 1.03 bits per heavy atom.